The molecule has 1 atom stereocenters. The van der Waals surface area contributed by atoms with Gasteiger partial charge in [0.25, 0.3) is 0 Å². The Labute approximate surface area is 266 Å². The van der Waals surface area contributed by atoms with Crippen molar-refractivity contribution >= 4 is 29.0 Å². The van der Waals surface area contributed by atoms with E-state index in [1.165, 1.54) is 7.11 Å². The van der Waals surface area contributed by atoms with Crippen molar-refractivity contribution < 1.29 is 23.9 Å². The topological polar surface area (TPSA) is 84.9 Å². The summed E-state index contributed by atoms with van der Waals surface area (Å²) in [5, 5.41) is 3.24. The molecule has 0 radical (unpaired) electrons. The molecule has 0 aliphatic rings. The average Bonchev–Trinajstić information content (AvgIpc) is 3.02. The Bertz CT molecular complexity index is 1590. The Morgan fingerprint density at radius 1 is 0.844 bits per heavy atom. The number of anilines is 2. The summed E-state index contributed by atoms with van der Waals surface area (Å²) in [7, 11) is 1.35. The number of esters is 1. The van der Waals surface area contributed by atoms with Gasteiger partial charge in [-0.2, -0.15) is 0 Å². The first-order chi connectivity index (χ1) is 21.5. The summed E-state index contributed by atoms with van der Waals surface area (Å²) in [6.45, 7) is 8.91. The van der Waals surface area contributed by atoms with Crippen molar-refractivity contribution in [1.29, 1.82) is 0 Å². The molecule has 0 saturated heterocycles. The molecular weight excluding hydrogens is 564 g/mol. The fraction of sp³-hybridized carbons (Fsp3) is 0.289. The van der Waals surface area contributed by atoms with Crippen LogP contribution in [0.15, 0.2) is 103 Å². The molecule has 4 aromatic rings. The molecule has 234 valence electrons. The van der Waals surface area contributed by atoms with Gasteiger partial charge in [-0.1, -0.05) is 87.5 Å². The maximum atomic E-state index is 13.2. The first-order valence-electron chi connectivity index (χ1n) is 15.2. The lowest BCUT2D eigenvalue weighted by molar-refractivity contribution is -0.141. The van der Waals surface area contributed by atoms with E-state index in [9.17, 15) is 14.4 Å². The maximum Gasteiger partial charge on any atom is 0.328 e. The zero-order chi connectivity index (χ0) is 32.4. The number of amides is 1. The molecule has 0 spiro atoms. The van der Waals surface area contributed by atoms with E-state index >= 15 is 0 Å². The molecular formula is C38H42N2O5. The Morgan fingerprint density at radius 3 is 2.20 bits per heavy atom. The summed E-state index contributed by atoms with van der Waals surface area (Å²) in [6.07, 6.45) is 0.763. The van der Waals surface area contributed by atoms with Crippen molar-refractivity contribution in [2.75, 3.05) is 30.5 Å². The molecule has 7 heteroatoms. The summed E-state index contributed by atoms with van der Waals surface area (Å²) in [4.78, 5) is 41.0. The van der Waals surface area contributed by atoms with Gasteiger partial charge in [0.05, 0.1) is 13.7 Å². The number of carbonyl (C=O) groups excluding carboxylic acids is 3. The van der Waals surface area contributed by atoms with Crippen LogP contribution in [-0.2, 0) is 20.7 Å². The monoisotopic (exact) mass is 606 g/mol. The molecule has 1 amide bonds. The van der Waals surface area contributed by atoms with Crippen LogP contribution in [0, 0.1) is 12.3 Å². The highest BCUT2D eigenvalue weighted by molar-refractivity contribution is 6.12. The van der Waals surface area contributed by atoms with E-state index in [-0.39, 0.29) is 17.1 Å². The highest BCUT2D eigenvalue weighted by Crippen LogP contribution is 2.25. The Balaban J connectivity index is 1.42. The van der Waals surface area contributed by atoms with Crippen molar-refractivity contribution in [3.8, 4) is 5.75 Å². The van der Waals surface area contributed by atoms with E-state index in [2.05, 4.69) is 26.1 Å². The standard InChI is InChI=1S/C38H42N2O5/c1-27-12-11-15-30(24-27)40(35(41)26-38(2,3)4)22-23-45-31-20-18-28(19-21-31)25-34(37(43)44-5)39-33-17-10-9-16-32(33)36(42)29-13-7-6-8-14-29/h6-21,24,34,39H,22-23,25-26H2,1-5H3/t34-/m0/s1. The summed E-state index contributed by atoms with van der Waals surface area (Å²) >= 11 is 0. The third-order valence-electron chi connectivity index (χ3n) is 7.27. The largest absolute Gasteiger partial charge is 0.492 e. The number of carbonyl (C=O) groups is 3. The van der Waals surface area contributed by atoms with Gasteiger partial charge in [-0.3, -0.25) is 9.59 Å². The van der Waals surface area contributed by atoms with Crippen molar-refractivity contribution in [3.05, 3.63) is 125 Å². The molecule has 45 heavy (non-hydrogen) atoms. The van der Waals surface area contributed by atoms with Gasteiger partial charge < -0.3 is 19.7 Å². The number of hydrogen-bond acceptors (Lipinski definition) is 6. The van der Waals surface area contributed by atoms with Crippen LogP contribution in [0.5, 0.6) is 5.75 Å². The Morgan fingerprint density at radius 2 is 1.53 bits per heavy atom. The quantitative estimate of drug-likeness (QED) is 0.127. The van der Waals surface area contributed by atoms with Crippen LogP contribution in [0.25, 0.3) is 0 Å². The average molecular weight is 607 g/mol. The zero-order valence-corrected chi connectivity index (χ0v) is 26.7. The Kier molecular flexibility index (Phi) is 11.1. The second kappa shape index (κ2) is 15.2. The number of hydrogen-bond donors (Lipinski definition) is 1. The molecule has 0 bridgehead atoms. The number of methoxy groups -OCH3 is 1. The minimum absolute atomic E-state index is 0.0560. The molecule has 0 aliphatic heterocycles. The predicted molar refractivity (Wildman–Crippen MR) is 179 cm³/mol. The minimum atomic E-state index is -0.719. The van der Waals surface area contributed by atoms with E-state index in [0.29, 0.717) is 48.6 Å². The second-order valence-electron chi connectivity index (χ2n) is 12.3. The van der Waals surface area contributed by atoms with E-state index < -0.39 is 12.0 Å². The van der Waals surface area contributed by atoms with Crippen LogP contribution in [0.2, 0.25) is 0 Å². The molecule has 0 aliphatic carbocycles. The molecule has 4 rings (SSSR count). The lowest BCUT2D eigenvalue weighted by Crippen LogP contribution is -2.36. The van der Waals surface area contributed by atoms with E-state index in [4.69, 9.17) is 9.47 Å². The molecule has 7 nitrogen and oxygen atoms in total. The fourth-order valence-electron chi connectivity index (χ4n) is 5.03. The van der Waals surface area contributed by atoms with E-state index in [1.807, 2.05) is 79.7 Å². The number of nitrogens with zero attached hydrogens (tertiary/aromatic N) is 1. The predicted octanol–water partition coefficient (Wildman–Crippen LogP) is 7.27. The smallest absolute Gasteiger partial charge is 0.328 e. The number of para-hydroxylation sites is 1. The van der Waals surface area contributed by atoms with Gasteiger partial charge >= 0.3 is 5.97 Å². The summed E-state index contributed by atoms with van der Waals surface area (Å²) < 4.78 is 11.1. The van der Waals surface area contributed by atoms with Crippen molar-refractivity contribution in [2.24, 2.45) is 5.41 Å². The highest BCUT2D eigenvalue weighted by atomic mass is 16.5. The van der Waals surface area contributed by atoms with Crippen LogP contribution in [0.3, 0.4) is 0 Å². The summed E-state index contributed by atoms with van der Waals surface area (Å²) in [6, 6.07) is 30.9. The van der Waals surface area contributed by atoms with Crippen molar-refractivity contribution in [1.82, 2.24) is 0 Å². The highest BCUT2D eigenvalue weighted by Gasteiger charge is 2.24. The van der Waals surface area contributed by atoms with Crippen molar-refractivity contribution in [2.45, 2.75) is 46.6 Å². The van der Waals surface area contributed by atoms with Crippen LogP contribution in [0.1, 0.15) is 54.2 Å². The number of benzene rings is 4. The third-order valence-corrected chi connectivity index (χ3v) is 7.27. The first kappa shape index (κ1) is 33.0. The van der Waals surface area contributed by atoms with Gasteiger partial charge in [0, 0.05) is 35.3 Å². The summed E-state index contributed by atoms with van der Waals surface area (Å²) in [5.41, 5.74) is 4.30. The first-order valence-corrected chi connectivity index (χ1v) is 15.2. The summed E-state index contributed by atoms with van der Waals surface area (Å²) in [5.74, 6) is 0.145. The maximum absolute atomic E-state index is 13.2. The normalized spacial score (nSPS) is 11.8. The number of nitrogens with one attached hydrogen (secondary N) is 1. The van der Waals surface area contributed by atoms with Crippen LogP contribution in [-0.4, -0.2) is 44.0 Å². The number of rotatable bonds is 13. The van der Waals surface area contributed by atoms with E-state index in [0.717, 1.165) is 16.8 Å². The van der Waals surface area contributed by atoms with Gasteiger partial charge in [-0.25, -0.2) is 4.79 Å². The Hall–Kier alpha value is -4.91. The van der Waals surface area contributed by atoms with Crippen LogP contribution in [0.4, 0.5) is 11.4 Å². The number of ether oxygens (including phenoxy) is 2. The van der Waals surface area contributed by atoms with E-state index in [1.54, 1.807) is 35.2 Å². The van der Waals surface area contributed by atoms with Gasteiger partial charge in [-0.15, -0.1) is 0 Å². The third kappa shape index (κ3) is 9.54. The van der Waals surface area contributed by atoms with Gasteiger partial charge in [-0.05, 0) is 59.9 Å². The van der Waals surface area contributed by atoms with Gasteiger partial charge in [0.1, 0.15) is 18.4 Å². The molecule has 1 N–H and O–H groups in total. The van der Waals surface area contributed by atoms with Crippen molar-refractivity contribution in [3.63, 3.8) is 0 Å². The molecule has 0 aromatic heterocycles. The second-order valence-corrected chi connectivity index (χ2v) is 12.3. The molecule has 4 aromatic carbocycles. The molecule has 0 heterocycles. The van der Waals surface area contributed by atoms with Crippen LogP contribution < -0.4 is 15.0 Å². The molecule has 0 unspecified atom stereocenters. The molecule has 0 saturated carbocycles. The zero-order valence-electron chi connectivity index (χ0n) is 26.7. The van der Waals surface area contributed by atoms with Gasteiger partial charge in [0.15, 0.2) is 5.78 Å². The number of aryl methyl sites for hydroxylation is 1. The fourth-order valence-corrected chi connectivity index (χ4v) is 5.03. The lowest BCUT2D eigenvalue weighted by atomic mass is 9.91. The minimum Gasteiger partial charge on any atom is -0.492 e. The lowest BCUT2D eigenvalue weighted by Gasteiger charge is -2.27. The SMILES string of the molecule is COC(=O)[C@H](Cc1ccc(OCCN(C(=O)CC(C)(C)C)c2cccc(C)c2)cc1)Nc1ccccc1C(=O)c1ccccc1. The van der Waals surface area contributed by atoms with Gasteiger partial charge in [0.2, 0.25) is 5.91 Å². The molecule has 0 fully saturated rings. The van der Waals surface area contributed by atoms with Crippen LogP contribution >= 0.6 is 0 Å². The number of ketones is 1.